The first kappa shape index (κ1) is 17.7. The van der Waals surface area contributed by atoms with Crippen LogP contribution in [0.1, 0.15) is 35.6 Å². The predicted molar refractivity (Wildman–Crippen MR) is 102 cm³/mol. The van der Waals surface area contributed by atoms with Crippen LogP contribution in [0, 0.1) is 13.8 Å². The van der Waals surface area contributed by atoms with Crippen LogP contribution in [0.3, 0.4) is 0 Å². The van der Waals surface area contributed by atoms with Gasteiger partial charge in [-0.25, -0.2) is 0 Å². The number of aryl methyl sites for hydroxylation is 1. The highest BCUT2D eigenvalue weighted by Gasteiger charge is 2.15. The molecule has 1 aliphatic rings. The van der Waals surface area contributed by atoms with Crippen LogP contribution in [0.2, 0.25) is 0 Å². The minimum atomic E-state index is 0.254. The van der Waals surface area contributed by atoms with Gasteiger partial charge >= 0.3 is 0 Å². The summed E-state index contributed by atoms with van der Waals surface area (Å²) < 4.78 is 13.2. The molecule has 25 heavy (non-hydrogen) atoms. The summed E-state index contributed by atoms with van der Waals surface area (Å²) in [6.07, 6.45) is 5.95. The Bertz CT molecular complexity index is 731. The molecule has 3 rings (SSSR count). The SMILES string of the molecule is Cc1cc(/C=N\NC(=S)NC[C@@H]2CCCO2)c(C)n1Cc1ccco1. The van der Waals surface area contributed by atoms with Crippen LogP contribution in [0.4, 0.5) is 0 Å². The third-order valence-electron chi connectivity index (χ3n) is 4.39. The van der Waals surface area contributed by atoms with Crippen molar-refractivity contribution in [3.8, 4) is 0 Å². The van der Waals surface area contributed by atoms with E-state index in [1.54, 1.807) is 12.5 Å². The van der Waals surface area contributed by atoms with Gasteiger partial charge in [-0.1, -0.05) is 0 Å². The Morgan fingerprint density at radius 1 is 1.48 bits per heavy atom. The van der Waals surface area contributed by atoms with Crippen molar-refractivity contribution in [1.29, 1.82) is 0 Å². The van der Waals surface area contributed by atoms with Gasteiger partial charge in [0.25, 0.3) is 0 Å². The number of rotatable bonds is 6. The summed E-state index contributed by atoms with van der Waals surface area (Å²) in [6.45, 7) is 6.43. The second-order valence-corrected chi connectivity index (χ2v) is 6.62. The maximum Gasteiger partial charge on any atom is 0.187 e. The molecule has 134 valence electrons. The number of hydrogen-bond acceptors (Lipinski definition) is 4. The lowest BCUT2D eigenvalue weighted by Gasteiger charge is -2.11. The highest BCUT2D eigenvalue weighted by Crippen LogP contribution is 2.16. The lowest BCUT2D eigenvalue weighted by Crippen LogP contribution is -2.37. The Kier molecular flexibility index (Phi) is 5.88. The van der Waals surface area contributed by atoms with Crippen molar-refractivity contribution in [1.82, 2.24) is 15.3 Å². The average Bonchev–Trinajstić information content (AvgIpc) is 3.33. The molecule has 0 aromatic carbocycles. The average molecular weight is 360 g/mol. The topological polar surface area (TPSA) is 63.7 Å². The highest BCUT2D eigenvalue weighted by atomic mass is 32.1. The van der Waals surface area contributed by atoms with Crippen LogP contribution in [0.25, 0.3) is 0 Å². The van der Waals surface area contributed by atoms with E-state index in [1.165, 1.54) is 0 Å². The van der Waals surface area contributed by atoms with Gasteiger partial charge in [0.15, 0.2) is 5.11 Å². The van der Waals surface area contributed by atoms with Gasteiger partial charge in [-0.05, 0) is 57.1 Å². The molecule has 0 bridgehead atoms. The van der Waals surface area contributed by atoms with E-state index in [-0.39, 0.29) is 6.10 Å². The molecule has 1 fully saturated rings. The zero-order chi connectivity index (χ0) is 17.6. The van der Waals surface area contributed by atoms with Crippen LogP contribution in [0.5, 0.6) is 0 Å². The largest absolute Gasteiger partial charge is 0.467 e. The molecule has 1 aliphatic heterocycles. The molecule has 0 amide bonds. The van der Waals surface area contributed by atoms with Crippen LogP contribution in [-0.4, -0.2) is 35.1 Å². The van der Waals surface area contributed by atoms with Crippen molar-refractivity contribution in [3.63, 3.8) is 0 Å². The molecule has 0 radical (unpaired) electrons. The van der Waals surface area contributed by atoms with E-state index in [0.717, 1.165) is 48.7 Å². The summed E-state index contributed by atoms with van der Waals surface area (Å²) in [4.78, 5) is 0. The number of thiocarbonyl (C=S) groups is 1. The maximum absolute atomic E-state index is 5.55. The van der Waals surface area contributed by atoms with Gasteiger partial charge < -0.3 is 19.0 Å². The van der Waals surface area contributed by atoms with Crippen molar-refractivity contribution in [2.45, 2.75) is 39.3 Å². The first-order valence-electron chi connectivity index (χ1n) is 8.51. The fourth-order valence-electron chi connectivity index (χ4n) is 2.97. The standard InChI is InChI=1S/C18H24N4O2S/c1-13-9-15(14(2)22(13)12-17-6-4-8-24-17)10-20-21-18(25)19-11-16-5-3-7-23-16/h4,6,8-10,16H,3,5,7,11-12H2,1-2H3,(H2,19,21,25)/b20-10-/t16-/m0/s1. The van der Waals surface area contributed by atoms with Gasteiger partial charge in [0.05, 0.1) is 25.1 Å². The van der Waals surface area contributed by atoms with Crippen LogP contribution < -0.4 is 10.7 Å². The number of ether oxygens (including phenoxy) is 1. The minimum Gasteiger partial charge on any atom is -0.467 e. The van der Waals surface area contributed by atoms with E-state index >= 15 is 0 Å². The molecule has 0 saturated carbocycles. The Balaban J connectivity index is 1.53. The minimum absolute atomic E-state index is 0.254. The molecular weight excluding hydrogens is 336 g/mol. The third-order valence-corrected chi connectivity index (χ3v) is 4.63. The number of furan rings is 1. The zero-order valence-electron chi connectivity index (χ0n) is 14.6. The number of nitrogens with one attached hydrogen (secondary N) is 2. The molecule has 2 aromatic heterocycles. The molecule has 0 unspecified atom stereocenters. The molecule has 1 atom stereocenters. The van der Waals surface area contributed by atoms with Gasteiger partial charge in [-0.2, -0.15) is 5.10 Å². The van der Waals surface area contributed by atoms with E-state index < -0.39 is 0 Å². The Hall–Kier alpha value is -2.12. The van der Waals surface area contributed by atoms with Gasteiger partial charge in [-0.15, -0.1) is 0 Å². The monoisotopic (exact) mass is 360 g/mol. The summed E-state index contributed by atoms with van der Waals surface area (Å²) in [5.74, 6) is 0.933. The van der Waals surface area contributed by atoms with Crippen molar-refractivity contribution in [2.24, 2.45) is 5.10 Å². The molecule has 2 aromatic rings. The zero-order valence-corrected chi connectivity index (χ0v) is 15.4. The van der Waals surface area contributed by atoms with E-state index in [1.807, 2.05) is 12.1 Å². The molecule has 2 N–H and O–H groups in total. The summed E-state index contributed by atoms with van der Waals surface area (Å²) in [5.41, 5.74) is 6.22. The predicted octanol–water partition coefficient (Wildman–Crippen LogP) is 2.72. The molecule has 3 heterocycles. The molecule has 0 aliphatic carbocycles. The van der Waals surface area contributed by atoms with E-state index in [9.17, 15) is 0 Å². The quantitative estimate of drug-likeness (QED) is 0.471. The number of aromatic nitrogens is 1. The molecule has 6 nitrogen and oxygen atoms in total. The van der Waals surface area contributed by atoms with E-state index in [2.05, 4.69) is 40.3 Å². The van der Waals surface area contributed by atoms with Crippen molar-refractivity contribution >= 4 is 23.5 Å². The van der Waals surface area contributed by atoms with Gasteiger partial charge in [0, 0.05) is 30.1 Å². The Morgan fingerprint density at radius 2 is 2.36 bits per heavy atom. The maximum atomic E-state index is 5.55. The summed E-state index contributed by atoms with van der Waals surface area (Å²) >= 11 is 5.24. The molecular formula is C18H24N4O2S. The molecule has 1 saturated heterocycles. The van der Waals surface area contributed by atoms with E-state index in [0.29, 0.717) is 11.7 Å². The Labute approximate surface area is 153 Å². The second-order valence-electron chi connectivity index (χ2n) is 6.21. The van der Waals surface area contributed by atoms with Crippen molar-refractivity contribution in [2.75, 3.05) is 13.2 Å². The molecule has 0 spiro atoms. The fraction of sp³-hybridized carbons (Fsp3) is 0.444. The van der Waals surface area contributed by atoms with Gasteiger partial charge in [0.1, 0.15) is 5.76 Å². The number of hydrazone groups is 1. The fourth-order valence-corrected chi connectivity index (χ4v) is 3.11. The number of hydrogen-bond donors (Lipinski definition) is 2. The first-order chi connectivity index (χ1) is 12.1. The summed E-state index contributed by atoms with van der Waals surface area (Å²) in [7, 11) is 0. The lowest BCUT2D eigenvalue weighted by atomic mass is 10.2. The summed E-state index contributed by atoms with van der Waals surface area (Å²) in [6, 6.07) is 5.99. The van der Waals surface area contributed by atoms with E-state index in [4.69, 9.17) is 21.4 Å². The summed E-state index contributed by atoms with van der Waals surface area (Å²) in [5, 5.41) is 7.89. The normalized spacial score (nSPS) is 17.3. The van der Waals surface area contributed by atoms with Gasteiger partial charge in [0.2, 0.25) is 0 Å². The van der Waals surface area contributed by atoms with Crippen molar-refractivity contribution < 1.29 is 9.15 Å². The van der Waals surface area contributed by atoms with Crippen LogP contribution >= 0.6 is 12.2 Å². The first-order valence-corrected chi connectivity index (χ1v) is 8.92. The van der Waals surface area contributed by atoms with Gasteiger partial charge in [-0.3, -0.25) is 5.43 Å². The highest BCUT2D eigenvalue weighted by molar-refractivity contribution is 7.80. The Morgan fingerprint density at radius 3 is 3.08 bits per heavy atom. The van der Waals surface area contributed by atoms with Crippen LogP contribution in [0.15, 0.2) is 34.0 Å². The van der Waals surface area contributed by atoms with Crippen molar-refractivity contribution in [3.05, 3.63) is 47.2 Å². The smallest absolute Gasteiger partial charge is 0.187 e. The second kappa shape index (κ2) is 8.31. The molecule has 7 heteroatoms. The third kappa shape index (κ3) is 4.70. The number of nitrogens with zero attached hydrogens (tertiary/aromatic N) is 2. The lowest BCUT2D eigenvalue weighted by molar-refractivity contribution is 0.114. The van der Waals surface area contributed by atoms with Crippen LogP contribution in [-0.2, 0) is 11.3 Å².